The number of piperidine rings is 1. The normalized spacial score (nSPS) is 23.0. The molecule has 6 nitrogen and oxygen atoms in total. The molecule has 1 aliphatic carbocycles. The SMILES string of the molecule is COc1ccc(OCC2CCN(c3cc(C4CC(N)C4)ncn3)CC2)cc1. The summed E-state index contributed by atoms with van der Waals surface area (Å²) in [5.74, 6) is 3.89. The van der Waals surface area contributed by atoms with E-state index in [1.807, 2.05) is 24.3 Å². The molecule has 0 amide bonds. The minimum atomic E-state index is 0.342. The molecule has 2 N–H and O–H groups in total. The number of nitrogens with two attached hydrogens (primary N) is 1. The molecule has 1 aromatic carbocycles. The molecular formula is C21H28N4O2. The first-order valence-corrected chi connectivity index (χ1v) is 9.80. The van der Waals surface area contributed by atoms with Crippen molar-refractivity contribution in [3.8, 4) is 11.5 Å². The number of anilines is 1. The number of rotatable bonds is 6. The number of nitrogens with zero attached hydrogens (tertiary/aromatic N) is 3. The highest BCUT2D eigenvalue weighted by atomic mass is 16.5. The van der Waals surface area contributed by atoms with Gasteiger partial charge in [0, 0.05) is 36.8 Å². The van der Waals surface area contributed by atoms with Crippen molar-refractivity contribution < 1.29 is 9.47 Å². The molecule has 1 saturated heterocycles. The third kappa shape index (κ3) is 4.33. The van der Waals surface area contributed by atoms with Crippen LogP contribution < -0.4 is 20.1 Å². The predicted molar refractivity (Wildman–Crippen MR) is 105 cm³/mol. The third-order valence-electron chi connectivity index (χ3n) is 5.75. The van der Waals surface area contributed by atoms with Gasteiger partial charge in [-0.05, 0) is 55.9 Å². The number of methoxy groups -OCH3 is 1. The fourth-order valence-electron chi connectivity index (χ4n) is 3.88. The van der Waals surface area contributed by atoms with E-state index in [0.717, 1.165) is 68.4 Å². The highest BCUT2D eigenvalue weighted by Crippen LogP contribution is 2.35. The van der Waals surface area contributed by atoms with Crippen molar-refractivity contribution >= 4 is 5.82 Å². The first-order chi connectivity index (χ1) is 13.2. The van der Waals surface area contributed by atoms with Gasteiger partial charge in [0.15, 0.2) is 0 Å². The Balaban J connectivity index is 1.26. The molecule has 4 rings (SSSR count). The van der Waals surface area contributed by atoms with Gasteiger partial charge in [-0.1, -0.05) is 0 Å². The van der Waals surface area contributed by atoms with Crippen LogP contribution in [0.25, 0.3) is 0 Å². The van der Waals surface area contributed by atoms with Crippen molar-refractivity contribution in [2.24, 2.45) is 11.7 Å². The van der Waals surface area contributed by atoms with E-state index in [-0.39, 0.29) is 0 Å². The Hall–Kier alpha value is -2.34. The van der Waals surface area contributed by atoms with E-state index in [0.29, 0.717) is 17.9 Å². The monoisotopic (exact) mass is 368 g/mol. The summed E-state index contributed by atoms with van der Waals surface area (Å²) in [7, 11) is 1.67. The molecule has 1 saturated carbocycles. The van der Waals surface area contributed by atoms with Crippen LogP contribution >= 0.6 is 0 Å². The minimum absolute atomic E-state index is 0.342. The van der Waals surface area contributed by atoms with Crippen LogP contribution in [-0.4, -0.2) is 42.8 Å². The van der Waals surface area contributed by atoms with Crippen LogP contribution in [0, 0.1) is 5.92 Å². The third-order valence-corrected chi connectivity index (χ3v) is 5.75. The Bertz CT molecular complexity index is 738. The summed E-state index contributed by atoms with van der Waals surface area (Å²) in [6.45, 7) is 2.78. The predicted octanol–water partition coefficient (Wildman–Crippen LogP) is 2.99. The number of ether oxygens (including phenoxy) is 2. The minimum Gasteiger partial charge on any atom is -0.497 e. The lowest BCUT2D eigenvalue weighted by atomic mass is 9.78. The van der Waals surface area contributed by atoms with Crippen LogP contribution in [0.1, 0.15) is 37.3 Å². The van der Waals surface area contributed by atoms with E-state index >= 15 is 0 Å². The second-order valence-electron chi connectivity index (χ2n) is 7.65. The van der Waals surface area contributed by atoms with Gasteiger partial charge in [-0.25, -0.2) is 9.97 Å². The smallest absolute Gasteiger partial charge is 0.132 e. The molecule has 1 aromatic heterocycles. The lowest BCUT2D eigenvalue weighted by Crippen LogP contribution is -2.37. The first-order valence-electron chi connectivity index (χ1n) is 9.80. The van der Waals surface area contributed by atoms with Crippen molar-refractivity contribution in [3.05, 3.63) is 42.4 Å². The van der Waals surface area contributed by atoms with Gasteiger partial charge in [0.2, 0.25) is 0 Å². The molecule has 2 fully saturated rings. The van der Waals surface area contributed by atoms with Crippen molar-refractivity contribution in [2.75, 3.05) is 31.7 Å². The molecule has 2 heterocycles. The van der Waals surface area contributed by atoms with Crippen LogP contribution in [0.2, 0.25) is 0 Å². The number of hydrogen-bond acceptors (Lipinski definition) is 6. The summed E-state index contributed by atoms with van der Waals surface area (Å²) in [5.41, 5.74) is 7.06. The maximum absolute atomic E-state index is 5.96. The Morgan fingerprint density at radius 2 is 1.78 bits per heavy atom. The summed E-state index contributed by atoms with van der Waals surface area (Å²) >= 11 is 0. The van der Waals surface area contributed by atoms with Gasteiger partial charge < -0.3 is 20.1 Å². The maximum Gasteiger partial charge on any atom is 0.132 e. The standard InChI is InChI=1S/C21H28N4O2/c1-26-18-2-4-19(5-3-18)27-13-15-6-8-25(9-7-15)21-12-20(23-14-24-21)16-10-17(22)11-16/h2-5,12,14-17H,6-11,13,22H2,1H3. The Kier molecular flexibility index (Phi) is 5.43. The van der Waals surface area contributed by atoms with E-state index in [1.165, 1.54) is 0 Å². The molecular weight excluding hydrogens is 340 g/mol. The molecule has 6 heteroatoms. The zero-order chi connectivity index (χ0) is 18.6. The summed E-state index contributed by atoms with van der Waals surface area (Å²) in [6.07, 6.45) is 6.02. The highest BCUT2D eigenvalue weighted by Gasteiger charge is 2.29. The fourth-order valence-corrected chi connectivity index (χ4v) is 3.88. The molecule has 2 aliphatic rings. The zero-order valence-corrected chi connectivity index (χ0v) is 15.9. The van der Waals surface area contributed by atoms with E-state index in [2.05, 4.69) is 20.9 Å². The topological polar surface area (TPSA) is 73.5 Å². The Morgan fingerprint density at radius 1 is 1.07 bits per heavy atom. The van der Waals surface area contributed by atoms with Crippen LogP contribution in [0.4, 0.5) is 5.82 Å². The molecule has 0 atom stereocenters. The number of benzene rings is 1. The second-order valence-corrected chi connectivity index (χ2v) is 7.65. The average Bonchev–Trinajstić information content (AvgIpc) is 2.71. The molecule has 1 aliphatic heterocycles. The van der Waals surface area contributed by atoms with Gasteiger partial charge in [0.05, 0.1) is 13.7 Å². The van der Waals surface area contributed by atoms with Crippen LogP contribution in [0.5, 0.6) is 11.5 Å². The van der Waals surface area contributed by atoms with Crippen LogP contribution in [0.3, 0.4) is 0 Å². The number of hydrogen-bond donors (Lipinski definition) is 1. The molecule has 144 valence electrons. The lowest BCUT2D eigenvalue weighted by molar-refractivity contribution is 0.222. The Labute approximate surface area is 160 Å². The second kappa shape index (κ2) is 8.13. The maximum atomic E-state index is 5.96. The van der Waals surface area contributed by atoms with Gasteiger partial charge >= 0.3 is 0 Å². The van der Waals surface area contributed by atoms with E-state index in [9.17, 15) is 0 Å². The molecule has 0 unspecified atom stereocenters. The quantitative estimate of drug-likeness (QED) is 0.845. The molecule has 0 bridgehead atoms. The lowest BCUT2D eigenvalue weighted by Gasteiger charge is -2.34. The largest absolute Gasteiger partial charge is 0.497 e. The van der Waals surface area contributed by atoms with E-state index in [4.69, 9.17) is 15.2 Å². The summed E-state index contributed by atoms with van der Waals surface area (Å²) < 4.78 is 11.1. The fraction of sp³-hybridized carbons (Fsp3) is 0.524. The molecule has 2 aromatic rings. The molecule has 0 spiro atoms. The van der Waals surface area contributed by atoms with Crippen molar-refractivity contribution in [3.63, 3.8) is 0 Å². The van der Waals surface area contributed by atoms with Gasteiger partial charge in [0.25, 0.3) is 0 Å². The van der Waals surface area contributed by atoms with Crippen molar-refractivity contribution in [1.29, 1.82) is 0 Å². The van der Waals surface area contributed by atoms with Crippen molar-refractivity contribution in [1.82, 2.24) is 9.97 Å². The summed E-state index contributed by atoms with van der Waals surface area (Å²) in [5, 5.41) is 0. The molecule has 27 heavy (non-hydrogen) atoms. The van der Waals surface area contributed by atoms with Gasteiger partial charge in [-0.15, -0.1) is 0 Å². The van der Waals surface area contributed by atoms with Gasteiger partial charge in [-0.2, -0.15) is 0 Å². The number of aromatic nitrogens is 2. The van der Waals surface area contributed by atoms with E-state index in [1.54, 1.807) is 13.4 Å². The average molecular weight is 368 g/mol. The van der Waals surface area contributed by atoms with Gasteiger partial charge in [0.1, 0.15) is 23.6 Å². The van der Waals surface area contributed by atoms with E-state index < -0.39 is 0 Å². The van der Waals surface area contributed by atoms with Crippen LogP contribution in [-0.2, 0) is 0 Å². The zero-order valence-electron chi connectivity index (χ0n) is 15.9. The summed E-state index contributed by atoms with van der Waals surface area (Å²) in [4.78, 5) is 11.3. The summed E-state index contributed by atoms with van der Waals surface area (Å²) in [6, 6.07) is 10.3. The highest BCUT2D eigenvalue weighted by molar-refractivity contribution is 5.40. The molecule has 0 radical (unpaired) electrons. The van der Waals surface area contributed by atoms with Gasteiger partial charge in [-0.3, -0.25) is 0 Å². The Morgan fingerprint density at radius 3 is 2.44 bits per heavy atom. The van der Waals surface area contributed by atoms with Crippen molar-refractivity contribution in [2.45, 2.75) is 37.6 Å². The van der Waals surface area contributed by atoms with Crippen LogP contribution in [0.15, 0.2) is 36.7 Å². The first kappa shape index (κ1) is 18.0.